The third-order valence-corrected chi connectivity index (χ3v) is 5.23. The molecule has 9 nitrogen and oxygen atoms in total. The molecule has 0 unspecified atom stereocenters. The summed E-state index contributed by atoms with van der Waals surface area (Å²) in [5.41, 5.74) is 0.685. The van der Waals surface area contributed by atoms with Crippen LogP contribution in [0.5, 0.6) is 0 Å². The average Bonchev–Trinajstić information content (AvgIpc) is 3.29. The molecule has 3 aromatic heterocycles. The van der Waals surface area contributed by atoms with Crippen molar-refractivity contribution in [2.75, 3.05) is 13.2 Å². The lowest BCUT2D eigenvalue weighted by atomic mass is 10.2. The molecule has 9 heteroatoms. The summed E-state index contributed by atoms with van der Waals surface area (Å²) in [6, 6.07) is 6.68. The molecule has 1 amide bonds. The highest BCUT2D eigenvalue weighted by molar-refractivity contribution is 5.93. The number of pyridine rings is 2. The summed E-state index contributed by atoms with van der Waals surface area (Å²) in [6.07, 6.45) is 3.41. The van der Waals surface area contributed by atoms with Gasteiger partial charge in [0.05, 0.1) is 24.6 Å². The fourth-order valence-electron chi connectivity index (χ4n) is 3.72. The number of carbonyl (C=O) groups is 2. The van der Waals surface area contributed by atoms with E-state index in [1.807, 2.05) is 0 Å². The Balaban J connectivity index is 2.12. The first-order valence-electron chi connectivity index (χ1n) is 10.4. The number of ether oxygens (including phenoxy) is 2. The lowest BCUT2D eigenvalue weighted by Crippen LogP contribution is -2.35. The molecule has 1 aliphatic rings. The average molecular weight is 424 g/mol. The summed E-state index contributed by atoms with van der Waals surface area (Å²) in [5.74, 6) is -1.03. The predicted molar refractivity (Wildman–Crippen MR) is 113 cm³/mol. The smallest absolute Gasteiger partial charge is 0.341 e. The van der Waals surface area contributed by atoms with E-state index in [1.54, 1.807) is 42.8 Å². The maximum absolute atomic E-state index is 13.2. The quantitative estimate of drug-likeness (QED) is 0.457. The van der Waals surface area contributed by atoms with Crippen molar-refractivity contribution in [1.29, 1.82) is 0 Å². The Labute approximate surface area is 178 Å². The van der Waals surface area contributed by atoms with Gasteiger partial charge in [0.2, 0.25) is 5.91 Å². The molecule has 3 aromatic rings. The Morgan fingerprint density at radius 1 is 1.32 bits per heavy atom. The van der Waals surface area contributed by atoms with E-state index in [9.17, 15) is 14.4 Å². The largest absolute Gasteiger partial charge is 0.462 e. The van der Waals surface area contributed by atoms with Gasteiger partial charge in [-0.1, -0.05) is 13.0 Å². The molecule has 31 heavy (non-hydrogen) atoms. The van der Waals surface area contributed by atoms with Gasteiger partial charge in [-0.2, -0.15) is 4.99 Å². The van der Waals surface area contributed by atoms with Crippen molar-refractivity contribution in [2.24, 2.45) is 4.99 Å². The van der Waals surface area contributed by atoms with E-state index < -0.39 is 5.97 Å². The van der Waals surface area contributed by atoms with Gasteiger partial charge in [-0.05, 0) is 38.0 Å². The zero-order chi connectivity index (χ0) is 22.0. The number of fused-ring (bicyclic) bond motifs is 2. The van der Waals surface area contributed by atoms with Crippen LogP contribution in [-0.2, 0) is 20.8 Å². The standard InChI is InChI=1S/C22H24N4O5/c1-3-18(27)24-20-16(22(29)30-4-2)12-15-19(26(20)13-14-8-7-11-31-14)23-17-9-5-6-10-25(17)21(15)28/h5-6,9-10,12,14H,3-4,7-8,11,13H2,1-2H3/t14-/m0/s1. The van der Waals surface area contributed by atoms with E-state index in [0.29, 0.717) is 24.4 Å². The van der Waals surface area contributed by atoms with Gasteiger partial charge in [-0.15, -0.1) is 0 Å². The van der Waals surface area contributed by atoms with Crippen molar-refractivity contribution < 1.29 is 19.1 Å². The predicted octanol–water partition coefficient (Wildman–Crippen LogP) is 1.84. The molecular weight excluding hydrogens is 400 g/mol. The minimum absolute atomic E-state index is 0.0592. The van der Waals surface area contributed by atoms with Gasteiger partial charge in [-0.25, -0.2) is 9.78 Å². The fraction of sp³-hybridized carbons (Fsp3) is 0.409. The molecule has 0 radical (unpaired) electrons. The second-order valence-corrected chi connectivity index (χ2v) is 7.29. The van der Waals surface area contributed by atoms with Crippen LogP contribution < -0.4 is 11.0 Å². The van der Waals surface area contributed by atoms with Crippen LogP contribution in [0.4, 0.5) is 0 Å². The van der Waals surface area contributed by atoms with Crippen molar-refractivity contribution >= 4 is 28.6 Å². The number of hydrogen-bond acceptors (Lipinski definition) is 6. The first kappa shape index (κ1) is 20.9. The molecule has 0 aliphatic carbocycles. The number of hydrogen-bond donors (Lipinski definition) is 0. The van der Waals surface area contributed by atoms with Crippen LogP contribution >= 0.6 is 0 Å². The normalized spacial score (nSPS) is 16.8. The zero-order valence-electron chi connectivity index (χ0n) is 17.5. The van der Waals surface area contributed by atoms with Crippen molar-refractivity contribution in [1.82, 2.24) is 14.0 Å². The number of rotatable bonds is 5. The maximum atomic E-state index is 13.2. The molecule has 0 spiro atoms. The number of aromatic nitrogens is 3. The molecule has 1 atom stereocenters. The molecular formula is C22H24N4O5. The van der Waals surface area contributed by atoms with Gasteiger partial charge >= 0.3 is 5.97 Å². The first-order chi connectivity index (χ1) is 15.0. The zero-order valence-corrected chi connectivity index (χ0v) is 17.5. The summed E-state index contributed by atoms with van der Waals surface area (Å²) in [4.78, 5) is 47.1. The lowest BCUT2D eigenvalue weighted by molar-refractivity contribution is -0.117. The Hall–Kier alpha value is -3.33. The van der Waals surface area contributed by atoms with Crippen molar-refractivity contribution in [3.8, 4) is 0 Å². The van der Waals surface area contributed by atoms with E-state index in [4.69, 9.17) is 9.47 Å². The Bertz CT molecular complexity index is 1280. The van der Waals surface area contributed by atoms with Gasteiger partial charge in [0, 0.05) is 19.2 Å². The van der Waals surface area contributed by atoms with Crippen LogP contribution in [-0.4, -0.2) is 45.1 Å². The second-order valence-electron chi connectivity index (χ2n) is 7.29. The summed E-state index contributed by atoms with van der Waals surface area (Å²) in [7, 11) is 0. The molecule has 1 fully saturated rings. The Kier molecular flexibility index (Phi) is 5.94. The van der Waals surface area contributed by atoms with E-state index >= 15 is 0 Å². The highest BCUT2D eigenvalue weighted by Gasteiger charge is 2.23. The van der Waals surface area contributed by atoms with E-state index in [2.05, 4.69) is 9.98 Å². The fourth-order valence-corrected chi connectivity index (χ4v) is 3.72. The summed E-state index contributed by atoms with van der Waals surface area (Å²) in [6.45, 7) is 4.49. The minimum Gasteiger partial charge on any atom is -0.462 e. The summed E-state index contributed by atoms with van der Waals surface area (Å²) < 4.78 is 14.1. The van der Waals surface area contributed by atoms with Crippen LogP contribution in [0.1, 0.15) is 43.5 Å². The number of esters is 1. The molecule has 0 saturated carbocycles. The lowest BCUT2D eigenvalue weighted by Gasteiger charge is -2.17. The molecule has 4 rings (SSSR count). The molecule has 0 aromatic carbocycles. The van der Waals surface area contributed by atoms with Crippen molar-refractivity contribution in [2.45, 2.75) is 45.8 Å². The Morgan fingerprint density at radius 2 is 2.16 bits per heavy atom. The topological polar surface area (TPSA) is 104 Å². The van der Waals surface area contributed by atoms with Gasteiger partial charge < -0.3 is 14.0 Å². The third-order valence-electron chi connectivity index (χ3n) is 5.23. The van der Waals surface area contributed by atoms with E-state index in [-0.39, 0.29) is 47.0 Å². The molecule has 1 saturated heterocycles. The van der Waals surface area contributed by atoms with Crippen LogP contribution in [0.15, 0.2) is 40.2 Å². The van der Waals surface area contributed by atoms with Crippen LogP contribution in [0, 0.1) is 0 Å². The molecule has 1 aliphatic heterocycles. The maximum Gasteiger partial charge on any atom is 0.341 e. The van der Waals surface area contributed by atoms with Gasteiger partial charge in [0.15, 0.2) is 5.49 Å². The highest BCUT2D eigenvalue weighted by atomic mass is 16.5. The molecule has 0 bridgehead atoms. The number of nitrogens with zero attached hydrogens (tertiary/aromatic N) is 4. The van der Waals surface area contributed by atoms with Gasteiger partial charge in [0.25, 0.3) is 5.56 Å². The number of carbonyl (C=O) groups excluding carboxylic acids is 2. The van der Waals surface area contributed by atoms with Crippen LogP contribution in [0.2, 0.25) is 0 Å². The minimum atomic E-state index is -0.647. The van der Waals surface area contributed by atoms with E-state index in [1.165, 1.54) is 10.5 Å². The highest BCUT2D eigenvalue weighted by Crippen LogP contribution is 2.17. The monoisotopic (exact) mass is 424 g/mol. The summed E-state index contributed by atoms with van der Waals surface area (Å²) in [5, 5.41) is 0.243. The number of amides is 1. The second kappa shape index (κ2) is 8.81. The van der Waals surface area contributed by atoms with Crippen LogP contribution in [0.3, 0.4) is 0 Å². The van der Waals surface area contributed by atoms with Gasteiger partial charge in [0.1, 0.15) is 16.9 Å². The summed E-state index contributed by atoms with van der Waals surface area (Å²) >= 11 is 0. The molecule has 0 N–H and O–H groups in total. The van der Waals surface area contributed by atoms with E-state index in [0.717, 1.165) is 12.8 Å². The van der Waals surface area contributed by atoms with Gasteiger partial charge in [-0.3, -0.25) is 14.0 Å². The van der Waals surface area contributed by atoms with Crippen molar-refractivity contribution in [3.63, 3.8) is 0 Å². The van der Waals surface area contributed by atoms with Crippen molar-refractivity contribution in [3.05, 3.63) is 51.9 Å². The SMILES string of the molecule is CCOC(=O)c1cc2c(=O)n3ccccc3nc2n(C[C@@H]2CCCO2)c1=NC(=O)CC. The third kappa shape index (κ3) is 4.00. The Morgan fingerprint density at radius 3 is 2.87 bits per heavy atom. The van der Waals surface area contributed by atoms with Crippen LogP contribution in [0.25, 0.3) is 16.7 Å². The molecule has 4 heterocycles. The first-order valence-corrected chi connectivity index (χ1v) is 10.4. The molecule has 162 valence electrons.